The van der Waals surface area contributed by atoms with Gasteiger partial charge in [-0.1, -0.05) is 18.2 Å². The lowest BCUT2D eigenvalue weighted by molar-refractivity contribution is 0.0737. The average Bonchev–Trinajstić information content (AvgIpc) is 3.35. The minimum absolute atomic E-state index is 0.00753. The van der Waals surface area contributed by atoms with Gasteiger partial charge in [0.2, 0.25) is 6.79 Å². The Kier molecular flexibility index (Phi) is 4.24. The molecule has 7 heteroatoms. The van der Waals surface area contributed by atoms with E-state index in [0.717, 1.165) is 10.4 Å². The molecule has 2 N–H and O–H groups in total. The molecule has 0 bridgehead atoms. The molecule has 0 saturated heterocycles. The second-order valence-electron chi connectivity index (χ2n) is 6.98. The Hall–Kier alpha value is -3.32. The van der Waals surface area contributed by atoms with E-state index in [4.69, 9.17) is 15.2 Å². The third kappa shape index (κ3) is 3.03. The third-order valence-electron chi connectivity index (χ3n) is 5.25. The van der Waals surface area contributed by atoms with E-state index in [1.165, 1.54) is 11.3 Å². The fourth-order valence-corrected chi connectivity index (χ4v) is 4.92. The molecule has 3 aromatic rings. The van der Waals surface area contributed by atoms with Gasteiger partial charge in [0.1, 0.15) is 0 Å². The summed E-state index contributed by atoms with van der Waals surface area (Å²) < 4.78 is 10.7. The molecule has 2 aromatic carbocycles. The van der Waals surface area contributed by atoms with E-state index in [1.54, 1.807) is 18.2 Å². The Bertz CT molecular complexity index is 1120. The van der Waals surface area contributed by atoms with Gasteiger partial charge in [0.05, 0.1) is 17.1 Å². The summed E-state index contributed by atoms with van der Waals surface area (Å²) in [7, 11) is 0. The molecule has 0 atom stereocenters. The maximum atomic E-state index is 13.2. The highest BCUT2D eigenvalue weighted by atomic mass is 32.1. The van der Waals surface area contributed by atoms with Crippen LogP contribution in [0.5, 0.6) is 11.5 Å². The van der Waals surface area contributed by atoms with Crippen LogP contribution in [0.4, 0.5) is 5.00 Å². The van der Waals surface area contributed by atoms with E-state index in [9.17, 15) is 9.59 Å². The lowest BCUT2D eigenvalue weighted by Gasteiger charge is -2.27. The number of carbonyl (C=O) groups is 2. The smallest absolute Gasteiger partial charge is 0.254 e. The highest BCUT2D eigenvalue weighted by Crippen LogP contribution is 2.38. The second-order valence-corrected chi connectivity index (χ2v) is 8.12. The number of amides is 1. The fraction of sp³-hybridized carbons (Fsp3) is 0.182. The Morgan fingerprint density at radius 3 is 2.62 bits per heavy atom. The molecule has 0 radical (unpaired) electrons. The number of rotatable bonds is 3. The molecule has 1 amide bonds. The average molecular weight is 406 g/mol. The third-order valence-corrected chi connectivity index (χ3v) is 6.30. The molecule has 2 aliphatic rings. The number of hydrogen-bond donors (Lipinski definition) is 1. The molecule has 29 heavy (non-hydrogen) atoms. The van der Waals surface area contributed by atoms with Crippen LogP contribution in [0.25, 0.3) is 0 Å². The number of benzene rings is 2. The van der Waals surface area contributed by atoms with E-state index < -0.39 is 0 Å². The van der Waals surface area contributed by atoms with Crippen LogP contribution in [-0.2, 0) is 13.0 Å². The van der Waals surface area contributed by atoms with Gasteiger partial charge in [-0.25, -0.2) is 0 Å². The van der Waals surface area contributed by atoms with Crippen molar-refractivity contribution in [1.82, 2.24) is 4.90 Å². The predicted octanol–water partition coefficient (Wildman–Crippen LogP) is 3.49. The summed E-state index contributed by atoms with van der Waals surface area (Å²) in [5.41, 5.74) is 8.93. The molecule has 5 rings (SSSR count). The van der Waals surface area contributed by atoms with Gasteiger partial charge in [0, 0.05) is 22.5 Å². The van der Waals surface area contributed by atoms with Gasteiger partial charge in [-0.05, 0) is 42.3 Å². The summed E-state index contributed by atoms with van der Waals surface area (Å²) in [4.78, 5) is 28.7. The lowest BCUT2D eigenvalue weighted by Crippen LogP contribution is -2.35. The van der Waals surface area contributed by atoms with Crippen molar-refractivity contribution < 1.29 is 19.1 Å². The minimum Gasteiger partial charge on any atom is -0.454 e. The molecular weight excluding hydrogens is 388 g/mol. The largest absolute Gasteiger partial charge is 0.454 e. The standard InChI is InChI=1S/C22H18N2O4S/c23-21-19(20(25)14-6-7-16-17(10-14)28-12-27-16)15-8-9-24(11-18(15)29-21)22(26)13-4-2-1-3-5-13/h1-7,10H,8-9,11-12,23H2. The number of ether oxygens (including phenoxy) is 2. The topological polar surface area (TPSA) is 81.9 Å². The molecule has 3 heterocycles. The van der Waals surface area contributed by atoms with Crippen molar-refractivity contribution in [2.75, 3.05) is 19.1 Å². The molecule has 146 valence electrons. The molecule has 1 aromatic heterocycles. The summed E-state index contributed by atoms with van der Waals surface area (Å²) >= 11 is 1.39. The van der Waals surface area contributed by atoms with Crippen molar-refractivity contribution in [3.63, 3.8) is 0 Å². The molecular formula is C22H18N2O4S. The van der Waals surface area contributed by atoms with Crippen LogP contribution in [0.3, 0.4) is 0 Å². The SMILES string of the molecule is Nc1sc2c(c1C(=O)c1ccc3c(c1)OCO3)CCN(C(=O)c1ccccc1)C2. The zero-order valence-electron chi connectivity index (χ0n) is 15.5. The molecule has 0 saturated carbocycles. The van der Waals surface area contributed by atoms with Crippen molar-refractivity contribution in [3.05, 3.63) is 75.7 Å². The molecule has 0 fully saturated rings. The van der Waals surface area contributed by atoms with Crippen molar-refractivity contribution in [1.29, 1.82) is 0 Å². The van der Waals surface area contributed by atoms with E-state index in [0.29, 0.717) is 52.7 Å². The van der Waals surface area contributed by atoms with Crippen molar-refractivity contribution in [3.8, 4) is 11.5 Å². The van der Waals surface area contributed by atoms with Crippen LogP contribution in [0.2, 0.25) is 0 Å². The molecule has 0 unspecified atom stereocenters. The van der Waals surface area contributed by atoms with Crippen LogP contribution >= 0.6 is 11.3 Å². The summed E-state index contributed by atoms with van der Waals surface area (Å²) in [5.74, 6) is 1.07. The summed E-state index contributed by atoms with van der Waals surface area (Å²) in [6.45, 7) is 1.18. The van der Waals surface area contributed by atoms with Gasteiger partial charge in [-0.15, -0.1) is 11.3 Å². The number of nitrogens with two attached hydrogens (primary N) is 1. The Labute approximate surface area is 171 Å². The number of ketones is 1. The first-order valence-corrected chi connectivity index (χ1v) is 10.1. The summed E-state index contributed by atoms with van der Waals surface area (Å²) in [6.07, 6.45) is 0.604. The van der Waals surface area contributed by atoms with E-state index >= 15 is 0 Å². The van der Waals surface area contributed by atoms with Crippen molar-refractivity contribution in [2.24, 2.45) is 0 Å². The Morgan fingerprint density at radius 2 is 1.79 bits per heavy atom. The number of nitrogens with zero attached hydrogens (tertiary/aromatic N) is 1. The van der Waals surface area contributed by atoms with Crippen molar-refractivity contribution >= 4 is 28.0 Å². The Balaban J connectivity index is 1.43. The van der Waals surface area contributed by atoms with Crippen molar-refractivity contribution in [2.45, 2.75) is 13.0 Å². The van der Waals surface area contributed by atoms with Gasteiger partial charge < -0.3 is 20.1 Å². The Morgan fingerprint density at radius 1 is 1.00 bits per heavy atom. The van der Waals surface area contributed by atoms with Crippen LogP contribution in [0.1, 0.15) is 36.7 Å². The number of nitrogen functional groups attached to an aromatic ring is 1. The second kappa shape index (κ2) is 6.93. The summed E-state index contributed by atoms with van der Waals surface area (Å²) in [5, 5.41) is 0.492. The monoisotopic (exact) mass is 406 g/mol. The molecule has 0 spiro atoms. The van der Waals surface area contributed by atoms with Gasteiger partial charge >= 0.3 is 0 Å². The van der Waals surface area contributed by atoms with Gasteiger partial charge in [-0.3, -0.25) is 9.59 Å². The van der Waals surface area contributed by atoms with Crippen LogP contribution < -0.4 is 15.2 Å². The molecule has 2 aliphatic heterocycles. The normalized spacial score (nSPS) is 14.6. The zero-order chi connectivity index (χ0) is 20.0. The van der Waals surface area contributed by atoms with Crippen LogP contribution in [0, 0.1) is 0 Å². The maximum absolute atomic E-state index is 13.2. The highest BCUT2D eigenvalue weighted by Gasteiger charge is 2.30. The van der Waals surface area contributed by atoms with Crippen LogP contribution in [0.15, 0.2) is 48.5 Å². The first kappa shape index (κ1) is 17.8. The summed E-state index contributed by atoms with van der Waals surface area (Å²) in [6, 6.07) is 14.4. The quantitative estimate of drug-likeness (QED) is 0.674. The molecule has 6 nitrogen and oxygen atoms in total. The zero-order valence-corrected chi connectivity index (χ0v) is 16.3. The number of fused-ring (bicyclic) bond motifs is 2. The van der Waals surface area contributed by atoms with E-state index in [2.05, 4.69) is 0 Å². The van der Waals surface area contributed by atoms with E-state index in [1.807, 2.05) is 35.2 Å². The number of thiophene rings is 1. The first-order valence-electron chi connectivity index (χ1n) is 9.30. The maximum Gasteiger partial charge on any atom is 0.254 e. The number of carbonyl (C=O) groups excluding carboxylic acids is 2. The molecule has 0 aliphatic carbocycles. The van der Waals surface area contributed by atoms with Crippen LogP contribution in [-0.4, -0.2) is 29.9 Å². The van der Waals surface area contributed by atoms with Gasteiger partial charge in [0.15, 0.2) is 17.3 Å². The lowest BCUT2D eigenvalue weighted by atomic mass is 9.96. The van der Waals surface area contributed by atoms with Gasteiger partial charge in [-0.2, -0.15) is 0 Å². The minimum atomic E-state index is -0.124. The predicted molar refractivity (Wildman–Crippen MR) is 110 cm³/mol. The number of anilines is 1. The highest BCUT2D eigenvalue weighted by molar-refractivity contribution is 7.16. The van der Waals surface area contributed by atoms with E-state index in [-0.39, 0.29) is 18.5 Å². The van der Waals surface area contributed by atoms with Gasteiger partial charge in [0.25, 0.3) is 5.91 Å². The fourth-order valence-electron chi connectivity index (χ4n) is 3.79. The number of hydrogen-bond acceptors (Lipinski definition) is 6. The first-order chi connectivity index (χ1) is 14.1.